The summed E-state index contributed by atoms with van der Waals surface area (Å²) in [4.78, 5) is 43.2. The van der Waals surface area contributed by atoms with E-state index in [0.717, 1.165) is 5.56 Å². The van der Waals surface area contributed by atoms with Gasteiger partial charge in [0.05, 0.1) is 5.41 Å². The highest BCUT2D eigenvalue weighted by Gasteiger charge is 2.44. The maximum Gasteiger partial charge on any atom is 0.244 e. The molecule has 1 unspecified atom stereocenters. The number of nitrogens with two attached hydrogens (primary N) is 1. The molecule has 0 radical (unpaired) electrons. The van der Waals surface area contributed by atoms with E-state index < -0.39 is 17.0 Å². The van der Waals surface area contributed by atoms with Crippen LogP contribution in [0.15, 0.2) is 72.9 Å². The van der Waals surface area contributed by atoms with Gasteiger partial charge in [0.25, 0.3) is 0 Å². The molecule has 3 amide bonds. The number of aromatic nitrogens is 1. The van der Waals surface area contributed by atoms with Crippen LogP contribution < -0.4 is 21.9 Å². The van der Waals surface area contributed by atoms with Gasteiger partial charge in [0.2, 0.25) is 17.7 Å². The van der Waals surface area contributed by atoms with E-state index in [1.807, 2.05) is 56.4 Å². The lowest BCUT2D eigenvalue weighted by molar-refractivity contribution is -0.144. The number of aryl methyl sites for hydroxylation is 1. The van der Waals surface area contributed by atoms with Crippen molar-refractivity contribution in [3.8, 4) is 0 Å². The Morgan fingerprint density at radius 2 is 1.81 bits per heavy atom. The molecule has 3 aromatic rings. The molecule has 9 nitrogen and oxygen atoms in total. The third-order valence-electron chi connectivity index (χ3n) is 7.43. The molecule has 9 heteroatoms. The number of hydrogen-bond donors (Lipinski definition) is 5. The Labute approximate surface area is 249 Å². The first-order valence-electron chi connectivity index (χ1n) is 14.5. The predicted molar refractivity (Wildman–Crippen MR) is 168 cm³/mol. The summed E-state index contributed by atoms with van der Waals surface area (Å²) in [6, 6.07) is 17.4. The number of piperidine rings is 1. The van der Waals surface area contributed by atoms with E-state index in [0.29, 0.717) is 38.8 Å². The molecule has 2 heterocycles. The van der Waals surface area contributed by atoms with Gasteiger partial charge in [0.1, 0.15) is 6.04 Å². The first kappa shape index (κ1) is 32.6. The van der Waals surface area contributed by atoms with Crippen LogP contribution in [0.3, 0.4) is 0 Å². The number of hydrogen-bond acceptors (Lipinski definition) is 5. The number of hydrazine groups is 1. The fraction of sp³-hybridized carbons (Fsp3) is 0.424. The van der Waals surface area contributed by atoms with Gasteiger partial charge < -0.3 is 20.9 Å². The third kappa shape index (κ3) is 9.29. The number of benzene rings is 2. The maximum atomic E-state index is 13.1. The van der Waals surface area contributed by atoms with Crippen LogP contribution in [-0.2, 0) is 20.8 Å². The summed E-state index contributed by atoms with van der Waals surface area (Å²) in [5.41, 5.74) is 13.8. The number of carbonyl (C=O) groups excluding carboxylic acids is 3. The van der Waals surface area contributed by atoms with Gasteiger partial charge in [0.15, 0.2) is 0 Å². The Morgan fingerprint density at radius 3 is 2.48 bits per heavy atom. The molecule has 2 atom stereocenters. The van der Waals surface area contributed by atoms with Crippen LogP contribution in [0.4, 0.5) is 0 Å². The van der Waals surface area contributed by atoms with Crippen LogP contribution in [-0.4, -0.2) is 59.3 Å². The minimum atomic E-state index is -0.741. The average molecular weight is 575 g/mol. The van der Waals surface area contributed by atoms with E-state index in [-0.39, 0.29) is 17.7 Å². The number of likely N-dealkylation sites (tertiary alicyclic amines) is 1. The molecule has 1 aliphatic heterocycles. The predicted octanol–water partition coefficient (Wildman–Crippen LogP) is 3.75. The van der Waals surface area contributed by atoms with E-state index >= 15 is 0 Å². The molecule has 0 bridgehead atoms. The fourth-order valence-corrected chi connectivity index (χ4v) is 5.25. The normalized spacial score (nSPS) is 17.8. The van der Waals surface area contributed by atoms with Crippen molar-refractivity contribution in [2.24, 2.45) is 11.1 Å². The van der Waals surface area contributed by atoms with Crippen molar-refractivity contribution in [2.75, 3.05) is 20.1 Å². The summed E-state index contributed by atoms with van der Waals surface area (Å²) < 4.78 is 0. The van der Waals surface area contributed by atoms with Crippen molar-refractivity contribution in [3.05, 3.63) is 84.1 Å². The Bertz CT molecular complexity index is 1360. The van der Waals surface area contributed by atoms with Crippen molar-refractivity contribution in [2.45, 2.75) is 65.0 Å². The summed E-state index contributed by atoms with van der Waals surface area (Å²) in [6.45, 7) is 8.39. The second kappa shape index (κ2) is 14.8. The number of nitrogens with one attached hydrogen (secondary N) is 4. The van der Waals surface area contributed by atoms with Crippen LogP contribution in [0.2, 0.25) is 0 Å². The first-order chi connectivity index (χ1) is 19.9. The monoisotopic (exact) mass is 574 g/mol. The van der Waals surface area contributed by atoms with Crippen LogP contribution in [0, 0.1) is 12.3 Å². The van der Waals surface area contributed by atoms with Crippen LogP contribution in [0.1, 0.15) is 51.2 Å². The zero-order valence-electron chi connectivity index (χ0n) is 25.5. The summed E-state index contributed by atoms with van der Waals surface area (Å²) in [6.07, 6.45) is 7.63. The summed E-state index contributed by atoms with van der Waals surface area (Å²) in [7, 11) is 1.65. The number of amides is 3. The van der Waals surface area contributed by atoms with E-state index in [9.17, 15) is 14.4 Å². The van der Waals surface area contributed by atoms with Crippen LogP contribution in [0.5, 0.6) is 0 Å². The molecule has 226 valence electrons. The highest BCUT2D eigenvalue weighted by atomic mass is 16.2. The van der Waals surface area contributed by atoms with Crippen molar-refractivity contribution in [1.29, 1.82) is 0 Å². The number of fused-ring (bicyclic) bond motifs is 1. The molecule has 6 N–H and O–H groups in total. The molecule has 2 aromatic carbocycles. The van der Waals surface area contributed by atoms with Crippen LogP contribution >= 0.6 is 0 Å². The van der Waals surface area contributed by atoms with Gasteiger partial charge in [-0.15, -0.1) is 0 Å². The lowest BCUT2D eigenvalue weighted by Gasteiger charge is -2.42. The minimum Gasteiger partial charge on any atom is -0.361 e. The number of para-hydroxylation sites is 1. The first-order valence-corrected chi connectivity index (χ1v) is 14.5. The smallest absolute Gasteiger partial charge is 0.244 e. The number of rotatable bonds is 9. The summed E-state index contributed by atoms with van der Waals surface area (Å²) >= 11 is 0. The molecule has 4 rings (SSSR count). The third-order valence-corrected chi connectivity index (χ3v) is 7.43. The number of carbonyl (C=O) groups is 3. The minimum absolute atomic E-state index is 0.134. The van der Waals surface area contributed by atoms with E-state index in [2.05, 4.69) is 46.3 Å². The molecule has 1 aliphatic rings. The van der Waals surface area contributed by atoms with E-state index in [1.54, 1.807) is 24.9 Å². The average Bonchev–Trinajstić information content (AvgIpc) is 3.33. The van der Waals surface area contributed by atoms with Gasteiger partial charge in [0, 0.05) is 42.8 Å². The fourth-order valence-electron chi connectivity index (χ4n) is 5.25. The number of nitrogens with zero attached hydrogens (tertiary/aromatic N) is 1. The molecule has 1 aromatic heterocycles. The molecule has 0 spiro atoms. The zero-order chi connectivity index (χ0) is 30.8. The Kier molecular flexibility index (Phi) is 11.5. The van der Waals surface area contributed by atoms with Gasteiger partial charge in [-0.3, -0.25) is 19.8 Å². The number of aromatic amines is 1. The van der Waals surface area contributed by atoms with Crippen molar-refractivity contribution < 1.29 is 14.4 Å². The van der Waals surface area contributed by atoms with Gasteiger partial charge in [-0.25, -0.2) is 5.43 Å². The lowest BCUT2D eigenvalue weighted by atomic mass is 9.74. The van der Waals surface area contributed by atoms with Gasteiger partial charge >= 0.3 is 0 Å². The van der Waals surface area contributed by atoms with Crippen molar-refractivity contribution in [3.63, 3.8) is 0 Å². The highest BCUT2D eigenvalue weighted by molar-refractivity contribution is 5.93. The SMILES string of the molecule is CNNC(=O)[C@@]1(Cc2ccccc2)CCCN(C(=O)C(C)NC(=O)/C=C/CC(C)(C)N)C1.Cc1c[nH]c2ccccc12. The second-order valence-electron chi connectivity index (χ2n) is 11.9. The molecule has 1 saturated heterocycles. The van der Waals surface area contributed by atoms with Crippen LogP contribution in [0.25, 0.3) is 10.9 Å². The largest absolute Gasteiger partial charge is 0.361 e. The highest BCUT2D eigenvalue weighted by Crippen LogP contribution is 2.34. The van der Waals surface area contributed by atoms with Gasteiger partial charge in [-0.1, -0.05) is 54.6 Å². The molecule has 0 saturated carbocycles. The quantitative estimate of drug-likeness (QED) is 0.196. The van der Waals surface area contributed by atoms with E-state index in [1.165, 1.54) is 22.5 Å². The van der Waals surface area contributed by atoms with Crippen molar-refractivity contribution in [1.82, 2.24) is 26.1 Å². The molecular formula is C33H46N6O3. The number of H-pyrrole nitrogens is 1. The Hall–Kier alpha value is -3.95. The Morgan fingerprint density at radius 1 is 1.12 bits per heavy atom. The molecule has 0 aliphatic carbocycles. The Balaban J connectivity index is 0.000000401. The van der Waals surface area contributed by atoms with Gasteiger partial charge in [-0.2, -0.15) is 0 Å². The maximum absolute atomic E-state index is 13.1. The summed E-state index contributed by atoms with van der Waals surface area (Å²) in [5.74, 6) is -0.666. The van der Waals surface area contributed by atoms with E-state index in [4.69, 9.17) is 5.73 Å². The standard InChI is InChI=1S/C24H37N5O3.C9H9N/c1-18(27-20(30)12-8-13-23(2,3)25)21(31)29-15-9-14-24(17-29,22(32)28-26-4)16-19-10-6-5-7-11-19;1-7-6-10-9-5-3-2-4-8(7)9/h5-8,10-12,18,26H,9,13-17,25H2,1-4H3,(H,27,30)(H,28,32);2-6,10H,1H3/b12-8+;/t18?,24-;/m1./s1. The zero-order valence-corrected chi connectivity index (χ0v) is 25.5. The summed E-state index contributed by atoms with van der Waals surface area (Å²) in [5, 5.41) is 4.05. The van der Waals surface area contributed by atoms with Crippen molar-refractivity contribution >= 4 is 28.6 Å². The molecule has 42 heavy (non-hydrogen) atoms. The second-order valence-corrected chi connectivity index (χ2v) is 11.9. The topological polar surface area (TPSA) is 132 Å². The van der Waals surface area contributed by atoms with Gasteiger partial charge in [-0.05, 0) is 76.6 Å². The molecule has 1 fully saturated rings. The molecular weight excluding hydrogens is 528 g/mol. The lowest BCUT2D eigenvalue weighted by Crippen LogP contribution is -2.58.